The van der Waals surface area contributed by atoms with Gasteiger partial charge in [-0.2, -0.15) is 10.4 Å². The Labute approximate surface area is 196 Å². The lowest BCUT2D eigenvalue weighted by Crippen LogP contribution is -2.14. The second-order valence-corrected chi connectivity index (χ2v) is 7.88. The summed E-state index contributed by atoms with van der Waals surface area (Å²) < 4.78 is 1.82. The van der Waals surface area contributed by atoms with Gasteiger partial charge >= 0.3 is 0 Å². The number of carbonyl (C=O) groups excluding carboxylic acids is 1. The first-order chi connectivity index (χ1) is 16.6. The molecule has 3 aromatic heterocycles. The third kappa shape index (κ3) is 4.12. The van der Waals surface area contributed by atoms with Gasteiger partial charge in [0, 0.05) is 23.3 Å². The van der Waals surface area contributed by atoms with Crippen LogP contribution < -0.4 is 5.32 Å². The predicted molar refractivity (Wildman–Crippen MR) is 130 cm³/mol. The number of amides is 1. The molecule has 3 heterocycles. The highest BCUT2D eigenvalue weighted by Crippen LogP contribution is 2.26. The van der Waals surface area contributed by atoms with Crippen molar-refractivity contribution in [3.05, 3.63) is 108 Å². The van der Waals surface area contributed by atoms with Crippen molar-refractivity contribution < 1.29 is 4.79 Å². The van der Waals surface area contributed by atoms with E-state index in [1.807, 2.05) is 60.1 Å². The van der Waals surface area contributed by atoms with Gasteiger partial charge in [0.25, 0.3) is 5.91 Å². The second kappa shape index (κ2) is 8.96. The highest BCUT2D eigenvalue weighted by molar-refractivity contribution is 6.13. The molecule has 0 fully saturated rings. The van der Waals surface area contributed by atoms with E-state index in [9.17, 15) is 4.79 Å². The molecule has 7 nitrogen and oxygen atoms in total. The van der Waals surface area contributed by atoms with Crippen LogP contribution in [0.5, 0.6) is 0 Å². The van der Waals surface area contributed by atoms with Crippen molar-refractivity contribution in [1.82, 2.24) is 19.7 Å². The van der Waals surface area contributed by atoms with Crippen molar-refractivity contribution >= 4 is 22.5 Å². The van der Waals surface area contributed by atoms with Crippen LogP contribution in [0.3, 0.4) is 0 Å². The lowest BCUT2D eigenvalue weighted by Gasteiger charge is -2.11. The molecule has 0 radical (unpaired) electrons. The molecule has 0 atom stereocenters. The zero-order valence-electron chi connectivity index (χ0n) is 18.4. The minimum atomic E-state index is -0.232. The van der Waals surface area contributed by atoms with Crippen LogP contribution in [0, 0.1) is 18.3 Å². The first-order valence-electron chi connectivity index (χ1n) is 10.8. The maximum absolute atomic E-state index is 13.4. The average Bonchev–Trinajstić information content (AvgIpc) is 3.22. The SMILES string of the molecule is Cc1c(NC(=O)c2cc(-c3cccnc3)nc3ccccc23)cnn1Cc1ccc(C#N)cc1. The predicted octanol–water partition coefficient (Wildman–Crippen LogP) is 4.97. The fraction of sp³-hybridized carbons (Fsp3) is 0.0741. The van der Waals surface area contributed by atoms with E-state index in [1.165, 1.54) is 0 Å². The van der Waals surface area contributed by atoms with Crippen molar-refractivity contribution in [2.75, 3.05) is 5.32 Å². The molecule has 164 valence electrons. The standard InChI is InChI=1S/C27H20N6O/c1-18-26(16-30-33(18)17-20-10-8-19(14-28)9-11-20)32-27(34)23-13-25(21-5-4-12-29-15-21)31-24-7-3-2-6-22(23)24/h2-13,15-16H,17H2,1H3,(H,32,34). The molecule has 0 aliphatic carbocycles. The molecule has 34 heavy (non-hydrogen) atoms. The van der Waals surface area contributed by atoms with E-state index in [2.05, 4.69) is 21.5 Å². The summed E-state index contributed by atoms with van der Waals surface area (Å²) in [6.07, 6.45) is 5.09. The Hall–Kier alpha value is -4.83. The summed E-state index contributed by atoms with van der Waals surface area (Å²) in [6, 6.07) is 22.6. The highest BCUT2D eigenvalue weighted by atomic mass is 16.1. The van der Waals surface area contributed by atoms with Gasteiger partial charge in [-0.25, -0.2) is 4.98 Å². The third-order valence-corrected chi connectivity index (χ3v) is 5.68. The fourth-order valence-electron chi connectivity index (χ4n) is 3.80. The van der Waals surface area contributed by atoms with E-state index in [4.69, 9.17) is 10.2 Å². The smallest absolute Gasteiger partial charge is 0.256 e. The molecule has 0 unspecified atom stereocenters. The number of rotatable bonds is 5. The molecule has 5 rings (SSSR count). The molecule has 0 saturated carbocycles. The quantitative estimate of drug-likeness (QED) is 0.413. The number of aromatic nitrogens is 4. The second-order valence-electron chi connectivity index (χ2n) is 7.88. The van der Waals surface area contributed by atoms with Gasteiger partial charge in [0.15, 0.2) is 0 Å². The van der Waals surface area contributed by atoms with Crippen LogP contribution in [0.15, 0.2) is 85.3 Å². The highest BCUT2D eigenvalue weighted by Gasteiger charge is 2.16. The van der Waals surface area contributed by atoms with Gasteiger partial charge < -0.3 is 5.32 Å². The zero-order chi connectivity index (χ0) is 23.5. The number of nitrogens with one attached hydrogen (secondary N) is 1. The Bertz CT molecular complexity index is 1530. The largest absolute Gasteiger partial charge is 0.319 e. The topological polar surface area (TPSA) is 96.5 Å². The van der Waals surface area contributed by atoms with Gasteiger partial charge in [-0.3, -0.25) is 14.5 Å². The number of anilines is 1. The van der Waals surface area contributed by atoms with Crippen molar-refractivity contribution in [2.24, 2.45) is 0 Å². The number of pyridine rings is 2. The molecule has 0 bridgehead atoms. The normalized spacial score (nSPS) is 10.7. The van der Waals surface area contributed by atoms with Crippen LogP contribution in [0.1, 0.15) is 27.2 Å². The molecule has 5 aromatic rings. The fourth-order valence-corrected chi connectivity index (χ4v) is 3.80. The summed E-state index contributed by atoms with van der Waals surface area (Å²) in [6.45, 7) is 2.45. The van der Waals surface area contributed by atoms with Crippen LogP contribution in [0.25, 0.3) is 22.2 Å². The molecule has 0 spiro atoms. The maximum Gasteiger partial charge on any atom is 0.256 e. The van der Waals surface area contributed by atoms with Gasteiger partial charge in [0.2, 0.25) is 0 Å². The van der Waals surface area contributed by atoms with Crippen molar-refractivity contribution in [3.63, 3.8) is 0 Å². The first kappa shape index (κ1) is 21.0. The molecular weight excluding hydrogens is 424 g/mol. The Morgan fingerprint density at radius 2 is 1.88 bits per heavy atom. The number of nitriles is 1. The van der Waals surface area contributed by atoms with E-state index >= 15 is 0 Å². The van der Waals surface area contributed by atoms with Crippen molar-refractivity contribution in [1.29, 1.82) is 5.26 Å². The number of benzene rings is 2. The summed E-state index contributed by atoms with van der Waals surface area (Å²) >= 11 is 0. The van der Waals surface area contributed by atoms with Crippen LogP contribution in [-0.4, -0.2) is 25.7 Å². The molecule has 0 aliphatic rings. The van der Waals surface area contributed by atoms with Gasteiger partial charge in [0.05, 0.1) is 52.5 Å². The van der Waals surface area contributed by atoms with Crippen molar-refractivity contribution in [2.45, 2.75) is 13.5 Å². The van der Waals surface area contributed by atoms with E-state index in [-0.39, 0.29) is 5.91 Å². The minimum Gasteiger partial charge on any atom is -0.319 e. The number of hydrogen-bond donors (Lipinski definition) is 1. The first-order valence-corrected chi connectivity index (χ1v) is 10.8. The van der Waals surface area contributed by atoms with Gasteiger partial charge in [-0.1, -0.05) is 30.3 Å². The van der Waals surface area contributed by atoms with Crippen LogP contribution in [0.2, 0.25) is 0 Å². The van der Waals surface area contributed by atoms with E-state index < -0.39 is 0 Å². The summed E-state index contributed by atoms with van der Waals surface area (Å²) in [4.78, 5) is 22.3. The molecular formula is C27H20N6O. The number of fused-ring (bicyclic) bond motifs is 1. The van der Waals surface area contributed by atoms with Gasteiger partial charge in [-0.15, -0.1) is 0 Å². The number of carbonyl (C=O) groups is 1. The summed E-state index contributed by atoms with van der Waals surface area (Å²) in [7, 11) is 0. The summed E-state index contributed by atoms with van der Waals surface area (Å²) in [5.74, 6) is -0.232. The van der Waals surface area contributed by atoms with Crippen molar-refractivity contribution in [3.8, 4) is 17.3 Å². The Morgan fingerprint density at radius 1 is 1.06 bits per heavy atom. The average molecular weight is 444 g/mol. The molecule has 0 saturated heterocycles. The van der Waals surface area contributed by atoms with Gasteiger partial charge in [-0.05, 0) is 48.9 Å². The zero-order valence-corrected chi connectivity index (χ0v) is 18.4. The monoisotopic (exact) mass is 444 g/mol. The Morgan fingerprint density at radius 3 is 2.65 bits per heavy atom. The number of hydrogen-bond acceptors (Lipinski definition) is 5. The Kier molecular flexibility index (Phi) is 5.55. The molecule has 1 amide bonds. The van der Waals surface area contributed by atoms with Crippen LogP contribution >= 0.6 is 0 Å². The Balaban J connectivity index is 1.44. The number of nitrogens with zero attached hydrogens (tertiary/aromatic N) is 5. The summed E-state index contributed by atoms with van der Waals surface area (Å²) in [5, 5.41) is 17.2. The minimum absolute atomic E-state index is 0.232. The van der Waals surface area contributed by atoms with Gasteiger partial charge in [0.1, 0.15) is 0 Å². The molecule has 2 aromatic carbocycles. The third-order valence-electron chi connectivity index (χ3n) is 5.68. The lowest BCUT2D eigenvalue weighted by atomic mass is 10.0. The van der Waals surface area contributed by atoms with E-state index in [0.29, 0.717) is 29.1 Å². The number of para-hydroxylation sites is 1. The summed E-state index contributed by atoms with van der Waals surface area (Å²) in [5.41, 5.74) is 5.91. The lowest BCUT2D eigenvalue weighted by molar-refractivity contribution is 0.102. The molecule has 0 aliphatic heterocycles. The maximum atomic E-state index is 13.4. The van der Waals surface area contributed by atoms with Crippen LogP contribution in [0.4, 0.5) is 5.69 Å². The van der Waals surface area contributed by atoms with E-state index in [0.717, 1.165) is 27.7 Å². The van der Waals surface area contributed by atoms with Crippen LogP contribution in [-0.2, 0) is 6.54 Å². The van der Waals surface area contributed by atoms with E-state index in [1.54, 1.807) is 36.8 Å². The molecule has 1 N–H and O–H groups in total. The molecule has 7 heteroatoms.